The Kier molecular flexibility index (Phi) is 7.15. The molecule has 41 heavy (non-hydrogen) atoms. The van der Waals surface area contributed by atoms with Crippen LogP contribution in [0.2, 0.25) is 0 Å². The number of benzene rings is 1. The number of hydrogen-bond acceptors (Lipinski definition) is 10. The third-order valence-electron chi connectivity index (χ3n) is 9.90. The molecule has 0 aromatic heterocycles. The second-order valence-corrected chi connectivity index (χ2v) is 13.2. The Morgan fingerprint density at radius 1 is 1.15 bits per heavy atom. The molecule has 1 aromatic carbocycles. The number of hydrogen-bond donors (Lipinski definition) is 3. The number of ketones is 4. The number of Topliss-reactive ketones (excluding diaryl/α,β-unsaturated/α-hetero) is 4. The van der Waals surface area contributed by atoms with Crippen LogP contribution in [0.15, 0.2) is 6.07 Å². The Morgan fingerprint density at radius 2 is 1.78 bits per heavy atom. The van der Waals surface area contributed by atoms with Crippen LogP contribution in [0.4, 0.5) is 0 Å². The van der Waals surface area contributed by atoms with Crippen LogP contribution in [0.5, 0.6) is 11.5 Å². The third-order valence-corrected chi connectivity index (χ3v) is 9.90. The van der Waals surface area contributed by atoms with Crippen LogP contribution in [0.3, 0.4) is 0 Å². The summed E-state index contributed by atoms with van der Waals surface area (Å²) in [4.78, 5) is 70.4. The molecule has 11 nitrogen and oxygen atoms in total. The number of piperidine rings is 1. The highest BCUT2D eigenvalue weighted by atomic mass is 16.5. The van der Waals surface area contributed by atoms with E-state index in [1.54, 1.807) is 14.1 Å². The number of likely N-dealkylation sites (N-methyl/N-ethyl adjacent to an activating group) is 1. The number of ether oxygens (including phenoxy) is 1. The number of phenols is 1. The van der Waals surface area contributed by atoms with Gasteiger partial charge in [-0.15, -0.1) is 0 Å². The lowest BCUT2D eigenvalue weighted by molar-refractivity contribution is -0.181. The summed E-state index contributed by atoms with van der Waals surface area (Å²) in [5, 5.41) is 22.8. The maximum Gasteiger partial charge on any atom is 0.235 e. The van der Waals surface area contributed by atoms with Gasteiger partial charge in [-0.2, -0.15) is 0 Å². The van der Waals surface area contributed by atoms with E-state index in [1.807, 2.05) is 0 Å². The summed E-state index contributed by atoms with van der Waals surface area (Å²) in [6.45, 7) is 6.77. The Balaban J connectivity index is 1.55. The van der Waals surface area contributed by atoms with E-state index in [9.17, 15) is 34.2 Å². The number of nitrogens with zero attached hydrogens (tertiary/aromatic N) is 2. The SMILES string of the molecule is COc1c(CN2CCC(C)(C)CC2)cc(O)c2c1C[C@H]1C[C@H]3[C@H](N(C)C)C(=O)C(C(N)=O)C(=O)[C@@]3(O)C(=O)C1C2=O. The molecular weight excluding hydrogens is 530 g/mol. The number of carbonyl (C=O) groups is 5. The van der Waals surface area contributed by atoms with Crippen molar-refractivity contribution in [1.29, 1.82) is 0 Å². The summed E-state index contributed by atoms with van der Waals surface area (Å²) < 4.78 is 5.80. The molecular formula is C30H39N3O8. The number of phenolic OH excluding ortho intramolecular Hbond substituents is 1. The number of carbonyl (C=O) groups excluding carboxylic acids is 5. The van der Waals surface area contributed by atoms with Gasteiger partial charge in [0.1, 0.15) is 11.5 Å². The molecule has 0 bridgehead atoms. The zero-order chi connectivity index (χ0) is 30.2. The normalized spacial score (nSPS) is 33.3. The average Bonchev–Trinajstić information content (AvgIpc) is 2.87. The summed E-state index contributed by atoms with van der Waals surface area (Å²) in [7, 11) is 4.62. The number of likely N-dealkylation sites (tertiary alicyclic amines) is 1. The molecule has 6 atom stereocenters. The van der Waals surface area contributed by atoms with Crippen molar-refractivity contribution in [2.45, 2.75) is 57.7 Å². The highest BCUT2D eigenvalue weighted by Gasteiger charge is 2.69. The minimum atomic E-state index is -2.74. The molecule has 222 valence electrons. The van der Waals surface area contributed by atoms with E-state index in [0.717, 1.165) is 31.5 Å². The van der Waals surface area contributed by atoms with E-state index >= 15 is 0 Å². The molecule has 1 amide bonds. The molecule has 2 saturated carbocycles. The second-order valence-electron chi connectivity index (χ2n) is 13.2. The van der Waals surface area contributed by atoms with Crippen LogP contribution in [-0.4, -0.2) is 95.0 Å². The Bertz CT molecular complexity index is 1340. The van der Waals surface area contributed by atoms with Crippen LogP contribution < -0.4 is 10.5 Å². The van der Waals surface area contributed by atoms with Gasteiger partial charge in [-0.3, -0.25) is 33.8 Å². The van der Waals surface area contributed by atoms with E-state index in [-0.39, 0.29) is 29.6 Å². The van der Waals surface area contributed by atoms with Crippen LogP contribution in [0.1, 0.15) is 54.6 Å². The zero-order valence-corrected chi connectivity index (χ0v) is 24.2. The van der Waals surface area contributed by atoms with Crippen LogP contribution in [0, 0.1) is 29.1 Å². The van der Waals surface area contributed by atoms with Gasteiger partial charge in [0.15, 0.2) is 34.7 Å². The summed E-state index contributed by atoms with van der Waals surface area (Å²) >= 11 is 0. The molecule has 3 aliphatic carbocycles. The molecule has 1 aliphatic heterocycles. The van der Waals surface area contributed by atoms with Gasteiger partial charge in [0, 0.05) is 23.6 Å². The van der Waals surface area contributed by atoms with Gasteiger partial charge in [-0.25, -0.2) is 0 Å². The van der Waals surface area contributed by atoms with Gasteiger partial charge >= 0.3 is 0 Å². The predicted molar refractivity (Wildman–Crippen MR) is 146 cm³/mol. The van der Waals surface area contributed by atoms with E-state index in [0.29, 0.717) is 17.9 Å². The fourth-order valence-corrected chi connectivity index (χ4v) is 7.65. The number of amides is 1. The lowest BCUT2D eigenvalue weighted by atomic mass is 9.52. The van der Waals surface area contributed by atoms with Crippen LogP contribution in [-0.2, 0) is 32.1 Å². The largest absolute Gasteiger partial charge is 0.507 e. The molecule has 0 radical (unpaired) electrons. The van der Waals surface area contributed by atoms with Crippen LogP contribution in [0.25, 0.3) is 0 Å². The van der Waals surface area contributed by atoms with E-state index < -0.39 is 64.4 Å². The maximum absolute atomic E-state index is 13.9. The van der Waals surface area contributed by atoms with Gasteiger partial charge in [-0.1, -0.05) is 13.8 Å². The lowest BCUT2D eigenvalue weighted by Crippen LogP contribution is -2.74. The quantitative estimate of drug-likeness (QED) is 0.425. The molecule has 0 spiro atoms. The van der Waals surface area contributed by atoms with Gasteiger partial charge in [0.05, 0.1) is 24.6 Å². The standard InChI is InChI=1S/C30H39N3O8/c1-29(2)6-8-33(9-7-29)13-15-12-18(34)20-16(25(15)41-5)10-14-11-17-22(32(3)4)24(36)21(28(31)39)27(38)30(17,40)26(37)19(14)23(20)35/h12,14,17,19,21-22,34,40H,6-11,13H2,1-5H3,(H2,31,39)/t14-,17-,19?,21?,22-,30-/m0/s1. The Hall–Kier alpha value is -3.15. The van der Waals surface area contributed by atoms with Crippen molar-refractivity contribution in [2.24, 2.45) is 34.8 Å². The molecule has 1 aromatic rings. The smallest absolute Gasteiger partial charge is 0.235 e. The van der Waals surface area contributed by atoms with Gasteiger partial charge in [0.2, 0.25) is 5.91 Å². The molecule has 5 rings (SSSR count). The van der Waals surface area contributed by atoms with E-state index in [2.05, 4.69) is 18.7 Å². The molecule has 3 fully saturated rings. The Morgan fingerprint density at radius 3 is 2.34 bits per heavy atom. The molecule has 1 heterocycles. The van der Waals surface area contributed by atoms with Crippen molar-refractivity contribution in [2.75, 3.05) is 34.3 Å². The fraction of sp³-hybridized carbons (Fsp3) is 0.633. The third kappa shape index (κ3) is 4.40. The first-order valence-electron chi connectivity index (χ1n) is 14.1. The fourth-order valence-electron chi connectivity index (χ4n) is 7.65. The summed E-state index contributed by atoms with van der Waals surface area (Å²) in [6.07, 6.45) is 2.23. The van der Waals surface area contributed by atoms with Crippen molar-refractivity contribution >= 4 is 29.0 Å². The van der Waals surface area contributed by atoms with E-state index in [4.69, 9.17) is 10.5 Å². The lowest BCUT2D eigenvalue weighted by Gasteiger charge is -2.52. The number of aliphatic hydroxyl groups is 1. The van der Waals surface area contributed by atoms with Crippen molar-refractivity contribution < 1.29 is 38.9 Å². The molecule has 2 unspecified atom stereocenters. The van der Waals surface area contributed by atoms with E-state index in [1.165, 1.54) is 18.1 Å². The van der Waals surface area contributed by atoms with Crippen LogP contribution >= 0.6 is 0 Å². The van der Waals surface area contributed by atoms with Crippen molar-refractivity contribution in [1.82, 2.24) is 9.80 Å². The second kappa shape index (κ2) is 9.99. The number of rotatable bonds is 5. The predicted octanol–water partition coefficient (Wildman–Crippen LogP) is 0.498. The monoisotopic (exact) mass is 569 g/mol. The van der Waals surface area contributed by atoms with Crippen molar-refractivity contribution in [3.05, 3.63) is 22.8 Å². The van der Waals surface area contributed by atoms with Crippen molar-refractivity contribution in [3.63, 3.8) is 0 Å². The minimum absolute atomic E-state index is 0.000747. The molecule has 11 heteroatoms. The number of nitrogens with two attached hydrogens (primary N) is 1. The van der Waals surface area contributed by atoms with Gasteiger partial charge < -0.3 is 20.7 Å². The summed E-state index contributed by atoms with van der Waals surface area (Å²) in [5.41, 5.74) is 4.04. The Labute approximate surface area is 239 Å². The number of methoxy groups -OCH3 is 1. The number of fused-ring (bicyclic) bond motifs is 3. The number of aromatic hydroxyl groups is 1. The zero-order valence-electron chi connectivity index (χ0n) is 24.2. The van der Waals surface area contributed by atoms with Gasteiger partial charge in [0.25, 0.3) is 0 Å². The molecule has 1 saturated heterocycles. The number of primary amides is 1. The molecule has 4 N–H and O–H groups in total. The first-order valence-corrected chi connectivity index (χ1v) is 14.1. The first-order chi connectivity index (χ1) is 19.1. The summed E-state index contributed by atoms with van der Waals surface area (Å²) in [5.74, 6) is -10.1. The maximum atomic E-state index is 13.9. The molecule has 4 aliphatic rings. The first kappa shape index (κ1) is 29.3. The average molecular weight is 570 g/mol. The van der Waals surface area contributed by atoms with Gasteiger partial charge in [-0.05, 0) is 70.3 Å². The highest BCUT2D eigenvalue weighted by molar-refractivity contribution is 6.32. The highest BCUT2D eigenvalue weighted by Crippen LogP contribution is 2.52. The van der Waals surface area contributed by atoms with Crippen molar-refractivity contribution in [3.8, 4) is 11.5 Å². The topological polar surface area (TPSA) is 168 Å². The minimum Gasteiger partial charge on any atom is -0.507 e. The summed E-state index contributed by atoms with van der Waals surface area (Å²) in [6, 6.07) is 0.359.